The van der Waals surface area contributed by atoms with Crippen LogP contribution in [-0.2, 0) is 4.74 Å². The number of anilines is 1. The molecule has 0 spiro atoms. The number of nitrogens with two attached hydrogens (primary N) is 1. The third-order valence-corrected chi connectivity index (χ3v) is 4.19. The lowest BCUT2D eigenvalue weighted by Crippen LogP contribution is -2.26. The predicted octanol–water partition coefficient (Wildman–Crippen LogP) is 3.26. The molecule has 2 atom stereocenters. The topological polar surface area (TPSA) is 53.1 Å². The number of benzene rings is 1. The van der Waals surface area contributed by atoms with Crippen molar-refractivity contribution < 1.29 is 9.13 Å². The lowest BCUT2D eigenvalue weighted by atomic mass is 10.0. The summed E-state index contributed by atoms with van der Waals surface area (Å²) in [4.78, 5) is 4.32. The number of ether oxygens (including phenoxy) is 1. The maximum absolute atomic E-state index is 13.7. The minimum atomic E-state index is -0.297. The molecule has 0 saturated carbocycles. The van der Waals surface area contributed by atoms with E-state index < -0.39 is 0 Å². The Bertz CT molecular complexity index is 628. The normalized spacial score (nSPS) is 23.9. The smallest absolute Gasteiger partial charge is 0.201 e. The summed E-state index contributed by atoms with van der Waals surface area (Å²) in [6, 6.07) is 3.37. The first-order valence-corrected chi connectivity index (χ1v) is 7.09. The lowest BCUT2D eigenvalue weighted by Gasteiger charge is -2.29. The van der Waals surface area contributed by atoms with E-state index in [0.29, 0.717) is 22.5 Å². The van der Waals surface area contributed by atoms with Crippen LogP contribution in [-0.4, -0.2) is 22.3 Å². The van der Waals surface area contributed by atoms with Gasteiger partial charge in [0, 0.05) is 18.7 Å². The predicted molar refractivity (Wildman–Crippen MR) is 75.5 cm³/mol. The van der Waals surface area contributed by atoms with Gasteiger partial charge in [0.25, 0.3) is 0 Å². The van der Waals surface area contributed by atoms with E-state index in [1.165, 1.54) is 6.07 Å². The van der Waals surface area contributed by atoms with E-state index in [-0.39, 0.29) is 18.0 Å². The number of fused-ring (bicyclic) bond motifs is 1. The Morgan fingerprint density at radius 3 is 3.05 bits per heavy atom. The second kappa shape index (κ2) is 4.76. The molecular weight excluding hydrogens is 313 g/mol. The average Bonchev–Trinajstić information content (AvgIpc) is 2.65. The number of imidazole rings is 1. The van der Waals surface area contributed by atoms with Crippen LogP contribution >= 0.6 is 15.9 Å². The first-order valence-electron chi connectivity index (χ1n) is 6.30. The number of nitrogen functional groups attached to an aromatic ring is 1. The summed E-state index contributed by atoms with van der Waals surface area (Å²) in [5.41, 5.74) is 7.46. The molecule has 1 aliphatic rings. The minimum absolute atomic E-state index is 0.191. The molecule has 19 heavy (non-hydrogen) atoms. The number of rotatable bonds is 1. The largest absolute Gasteiger partial charge is 0.378 e. The average molecular weight is 328 g/mol. The highest BCUT2D eigenvalue weighted by molar-refractivity contribution is 9.10. The van der Waals surface area contributed by atoms with Crippen LogP contribution in [0.15, 0.2) is 16.6 Å². The van der Waals surface area contributed by atoms with Crippen molar-refractivity contribution in [1.82, 2.24) is 9.55 Å². The monoisotopic (exact) mass is 327 g/mol. The third-order valence-electron chi connectivity index (χ3n) is 3.58. The maximum atomic E-state index is 13.7. The van der Waals surface area contributed by atoms with Crippen LogP contribution < -0.4 is 5.73 Å². The Labute approximate surface area is 118 Å². The zero-order valence-corrected chi connectivity index (χ0v) is 12.2. The highest BCUT2D eigenvalue weighted by Crippen LogP contribution is 2.33. The van der Waals surface area contributed by atoms with Crippen molar-refractivity contribution in [1.29, 1.82) is 0 Å². The Kier molecular flexibility index (Phi) is 3.22. The van der Waals surface area contributed by atoms with Crippen molar-refractivity contribution >= 4 is 32.9 Å². The third kappa shape index (κ3) is 2.23. The lowest BCUT2D eigenvalue weighted by molar-refractivity contribution is 0.00713. The molecule has 102 valence electrons. The fourth-order valence-electron chi connectivity index (χ4n) is 2.70. The van der Waals surface area contributed by atoms with Crippen molar-refractivity contribution in [3.05, 3.63) is 22.4 Å². The molecule has 1 aliphatic heterocycles. The molecule has 0 radical (unpaired) electrons. The van der Waals surface area contributed by atoms with Crippen LogP contribution in [0, 0.1) is 5.82 Å². The van der Waals surface area contributed by atoms with Gasteiger partial charge in [-0.25, -0.2) is 9.37 Å². The maximum Gasteiger partial charge on any atom is 0.201 e. The van der Waals surface area contributed by atoms with E-state index in [1.807, 2.05) is 11.5 Å². The van der Waals surface area contributed by atoms with Crippen LogP contribution in [0.25, 0.3) is 11.0 Å². The highest BCUT2D eigenvalue weighted by atomic mass is 79.9. The van der Waals surface area contributed by atoms with Crippen molar-refractivity contribution in [3.8, 4) is 0 Å². The number of hydrogen-bond donors (Lipinski definition) is 1. The van der Waals surface area contributed by atoms with Crippen LogP contribution in [0.3, 0.4) is 0 Å². The molecule has 0 aliphatic carbocycles. The van der Waals surface area contributed by atoms with Crippen molar-refractivity contribution in [2.75, 3.05) is 12.3 Å². The Morgan fingerprint density at radius 2 is 2.32 bits per heavy atom. The van der Waals surface area contributed by atoms with Crippen LogP contribution in [0.4, 0.5) is 10.3 Å². The van der Waals surface area contributed by atoms with Gasteiger partial charge in [0.15, 0.2) is 0 Å². The van der Waals surface area contributed by atoms with Gasteiger partial charge in [0.1, 0.15) is 5.82 Å². The summed E-state index contributed by atoms with van der Waals surface area (Å²) < 4.78 is 21.6. The molecule has 2 aromatic rings. The molecule has 1 aromatic carbocycles. The summed E-state index contributed by atoms with van der Waals surface area (Å²) in [5.74, 6) is 0.139. The van der Waals surface area contributed by atoms with Gasteiger partial charge < -0.3 is 15.0 Å². The molecule has 1 fully saturated rings. The molecule has 0 bridgehead atoms. The van der Waals surface area contributed by atoms with Gasteiger partial charge in [-0.1, -0.05) is 0 Å². The fraction of sp³-hybridized carbons (Fsp3) is 0.462. The van der Waals surface area contributed by atoms with Crippen molar-refractivity contribution in [2.45, 2.75) is 31.9 Å². The van der Waals surface area contributed by atoms with E-state index in [1.54, 1.807) is 6.07 Å². The number of hydrogen-bond acceptors (Lipinski definition) is 3. The second-order valence-electron chi connectivity index (χ2n) is 4.95. The molecule has 1 saturated heterocycles. The summed E-state index contributed by atoms with van der Waals surface area (Å²) in [6.07, 6.45) is 1.93. The standard InChI is InChI=1S/C13H15BrFN3O/c1-7-4-8(2-3-19-7)18-12-6-10(15)9(14)5-11(12)17-13(18)16/h5-8H,2-4H2,1H3,(H2,16,17). The first-order chi connectivity index (χ1) is 9.06. The number of halogens is 2. The minimum Gasteiger partial charge on any atom is -0.378 e. The van der Waals surface area contributed by atoms with E-state index >= 15 is 0 Å². The van der Waals surface area contributed by atoms with E-state index in [4.69, 9.17) is 10.5 Å². The fourth-order valence-corrected chi connectivity index (χ4v) is 3.03. The molecule has 1 aromatic heterocycles. The van der Waals surface area contributed by atoms with Gasteiger partial charge in [-0.05, 0) is 41.8 Å². The molecule has 3 rings (SSSR count). The van der Waals surface area contributed by atoms with E-state index in [9.17, 15) is 4.39 Å². The Balaban J connectivity index is 2.12. The van der Waals surface area contributed by atoms with Crippen molar-refractivity contribution in [2.24, 2.45) is 0 Å². The first kappa shape index (κ1) is 12.9. The number of nitrogens with zero attached hydrogens (tertiary/aromatic N) is 2. The quantitative estimate of drug-likeness (QED) is 0.874. The van der Waals surface area contributed by atoms with Crippen LogP contribution in [0.5, 0.6) is 0 Å². The van der Waals surface area contributed by atoms with Gasteiger partial charge in [0.05, 0.1) is 21.6 Å². The van der Waals surface area contributed by atoms with Gasteiger partial charge in [0.2, 0.25) is 5.95 Å². The summed E-state index contributed by atoms with van der Waals surface area (Å²) in [6.45, 7) is 2.74. The molecule has 0 amide bonds. The van der Waals surface area contributed by atoms with Gasteiger partial charge >= 0.3 is 0 Å². The van der Waals surface area contributed by atoms with Crippen LogP contribution in [0.2, 0.25) is 0 Å². The van der Waals surface area contributed by atoms with Gasteiger partial charge in [-0.15, -0.1) is 0 Å². The molecule has 2 heterocycles. The second-order valence-corrected chi connectivity index (χ2v) is 5.81. The Hall–Kier alpha value is -1.14. The molecule has 2 unspecified atom stereocenters. The molecule has 6 heteroatoms. The van der Waals surface area contributed by atoms with E-state index in [0.717, 1.165) is 18.4 Å². The van der Waals surface area contributed by atoms with Crippen LogP contribution in [0.1, 0.15) is 25.8 Å². The summed E-state index contributed by atoms with van der Waals surface area (Å²) in [5, 5.41) is 0. The summed E-state index contributed by atoms with van der Waals surface area (Å²) >= 11 is 3.17. The Morgan fingerprint density at radius 1 is 1.53 bits per heavy atom. The molecule has 2 N–H and O–H groups in total. The van der Waals surface area contributed by atoms with Gasteiger partial charge in [-0.2, -0.15) is 0 Å². The number of aromatic nitrogens is 2. The van der Waals surface area contributed by atoms with E-state index in [2.05, 4.69) is 20.9 Å². The van der Waals surface area contributed by atoms with Gasteiger partial charge in [-0.3, -0.25) is 0 Å². The molecular formula is C13H15BrFN3O. The SMILES string of the molecule is CC1CC(n2c(N)nc3cc(Br)c(F)cc32)CCO1. The highest BCUT2D eigenvalue weighted by Gasteiger charge is 2.24. The molecule has 4 nitrogen and oxygen atoms in total. The summed E-state index contributed by atoms with van der Waals surface area (Å²) in [7, 11) is 0. The van der Waals surface area contributed by atoms with Crippen molar-refractivity contribution in [3.63, 3.8) is 0 Å². The zero-order chi connectivity index (χ0) is 13.6. The zero-order valence-electron chi connectivity index (χ0n) is 10.6.